The van der Waals surface area contributed by atoms with Crippen molar-refractivity contribution in [2.24, 2.45) is 5.92 Å². The Morgan fingerprint density at radius 2 is 1.86 bits per heavy atom. The van der Waals surface area contributed by atoms with Gasteiger partial charge in [-0.2, -0.15) is 13.2 Å². The number of carbonyl (C=O) groups excluding carboxylic acids is 1. The van der Waals surface area contributed by atoms with Crippen LogP contribution in [0, 0.1) is 5.92 Å². The number of halogens is 5. The summed E-state index contributed by atoms with van der Waals surface area (Å²) in [6.45, 7) is 2.33. The predicted octanol–water partition coefficient (Wildman–Crippen LogP) is 3.80. The van der Waals surface area contributed by atoms with E-state index >= 15 is 0 Å². The van der Waals surface area contributed by atoms with E-state index in [1.165, 1.54) is 0 Å². The third-order valence-corrected chi connectivity index (χ3v) is 5.50. The molecule has 1 aromatic carbocycles. The zero-order valence-corrected chi connectivity index (χ0v) is 17.4. The van der Waals surface area contributed by atoms with E-state index in [4.69, 9.17) is 0 Å². The number of benzene rings is 1. The maximum Gasteiger partial charge on any atom is 0.416 e. The number of hydrogen-bond acceptors (Lipinski definition) is 3. The lowest BCUT2D eigenvalue weighted by atomic mass is 9.84. The molecule has 1 aromatic rings. The molecule has 2 aliphatic rings. The van der Waals surface area contributed by atoms with E-state index in [0.717, 1.165) is 56.5 Å². The van der Waals surface area contributed by atoms with Gasteiger partial charge in [0.15, 0.2) is 0 Å². The van der Waals surface area contributed by atoms with Gasteiger partial charge in [0.25, 0.3) is 0 Å². The Balaban J connectivity index is 0.00000196. The van der Waals surface area contributed by atoms with Gasteiger partial charge in [0, 0.05) is 12.6 Å². The first kappa shape index (κ1) is 25.0. The summed E-state index contributed by atoms with van der Waals surface area (Å²) in [6, 6.07) is 5.35. The monoisotopic (exact) mass is 441 g/mol. The molecule has 3 atom stereocenters. The van der Waals surface area contributed by atoms with Crippen LogP contribution in [0.4, 0.5) is 13.2 Å². The van der Waals surface area contributed by atoms with Crippen molar-refractivity contribution in [3.63, 3.8) is 0 Å². The van der Waals surface area contributed by atoms with E-state index in [-0.39, 0.29) is 48.7 Å². The fourth-order valence-corrected chi connectivity index (χ4v) is 4.13. The quantitative estimate of drug-likeness (QED) is 0.746. The van der Waals surface area contributed by atoms with Crippen LogP contribution in [0.2, 0.25) is 0 Å². The predicted molar refractivity (Wildman–Crippen MR) is 108 cm³/mol. The Morgan fingerprint density at radius 1 is 1.18 bits per heavy atom. The molecule has 1 amide bonds. The molecule has 9 heteroatoms. The lowest BCUT2D eigenvalue weighted by molar-refractivity contribution is -0.137. The molecule has 2 N–H and O–H groups in total. The first-order valence-corrected chi connectivity index (χ1v) is 9.25. The molecule has 2 saturated heterocycles. The Hall–Kier alpha value is -1.02. The summed E-state index contributed by atoms with van der Waals surface area (Å²) in [5, 5.41) is 6.23. The third-order valence-electron chi connectivity index (χ3n) is 5.50. The second-order valence-electron chi connectivity index (χ2n) is 7.34. The van der Waals surface area contributed by atoms with Crippen molar-refractivity contribution in [3.05, 3.63) is 35.4 Å². The topological polar surface area (TPSA) is 44.4 Å². The minimum absolute atomic E-state index is 0. The highest BCUT2D eigenvalue weighted by molar-refractivity contribution is 5.85. The Kier molecular flexibility index (Phi) is 9.53. The molecule has 2 fully saturated rings. The van der Waals surface area contributed by atoms with E-state index in [1.54, 1.807) is 12.1 Å². The van der Waals surface area contributed by atoms with Crippen molar-refractivity contribution in [2.45, 2.75) is 43.9 Å². The van der Waals surface area contributed by atoms with Gasteiger partial charge < -0.3 is 10.6 Å². The molecule has 3 rings (SSSR count). The number of likely N-dealkylation sites (tertiary alicyclic amines) is 1. The molecular weight excluding hydrogens is 414 g/mol. The van der Waals surface area contributed by atoms with E-state index < -0.39 is 11.7 Å². The van der Waals surface area contributed by atoms with E-state index in [0.29, 0.717) is 6.54 Å². The number of hydrogen-bond donors (Lipinski definition) is 2. The molecule has 2 aliphatic heterocycles. The molecule has 0 aliphatic carbocycles. The first-order valence-electron chi connectivity index (χ1n) is 9.25. The number of amides is 1. The Labute approximate surface area is 176 Å². The van der Waals surface area contributed by atoms with Crippen LogP contribution in [0.3, 0.4) is 0 Å². The van der Waals surface area contributed by atoms with Crippen LogP contribution >= 0.6 is 24.8 Å². The summed E-state index contributed by atoms with van der Waals surface area (Å²) in [5.74, 6) is 0.220. The van der Waals surface area contributed by atoms with Crippen LogP contribution in [0.15, 0.2) is 24.3 Å². The average Bonchev–Trinajstić information content (AvgIpc) is 3.14. The highest BCUT2D eigenvalue weighted by Gasteiger charge is 2.34. The summed E-state index contributed by atoms with van der Waals surface area (Å²) in [6.07, 6.45) is -0.472. The summed E-state index contributed by atoms with van der Waals surface area (Å²) < 4.78 is 38.4. The summed E-state index contributed by atoms with van der Waals surface area (Å²) in [4.78, 5) is 14.4. The van der Waals surface area contributed by atoms with Crippen molar-refractivity contribution in [3.8, 4) is 0 Å². The highest BCUT2D eigenvalue weighted by atomic mass is 35.5. The molecule has 0 radical (unpaired) electrons. The molecule has 2 heterocycles. The van der Waals surface area contributed by atoms with Gasteiger partial charge in [0.05, 0.1) is 11.6 Å². The molecule has 0 spiro atoms. The van der Waals surface area contributed by atoms with Gasteiger partial charge in [-0.15, -0.1) is 24.8 Å². The minimum atomic E-state index is -4.32. The van der Waals surface area contributed by atoms with Crippen molar-refractivity contribution in [2.75, 3.05) is 26.7 Å². The largest absolute Gasteiger partial charge is 0.416 e. The average molecular weight is 442 g/mol. The number of alkyl halides is 3. The van der Waals surface area contributed by atoms with E-state index in [9.17, 15) is 18.0 Å². The number of piperidine rings is 1. The summed E-state index contributed by atoms with van der Waals surface area (Å²) in [5.41, 5.74) is 0.246. The van der Waals surface area contributed by atoms with Gasteiger partial charge in [0.1, 0.15) is 0 Å². The van der Waals surface area contributed by atoms with Crippen molar-refractivity contribution in [1.29, 1.82) is 0 Å². The van der Waals surface area contributed by atoms with Gasteiger partial charge in [-0.05, 0) is 69.4 Å². The van der Waals surface area contributed by atoms with Gasteiger partial charge in [-0.25, -0.2) is 0 Å². The maximum atomic E-state index is 12.8. The van der Waals surface area contributed by atoms with Crippen LogP contribution in [0.25, 0.3) is 0 Å². The van der Waals surface area contributed by atoms with Crippen molar-refractivity contribution < 1.29 is 18.0 Å². The minimum Gasteiger partial charge on any atom is -0.354 e. The van der Waals surface area contributed by atoms with E-state index in [1.807, 2.05) is 7.05 Å². The molecule has 0 aromatic heterocycles. The lowest BCUT2D eigenvalue weighted by Crippen LogP contribution is -2.46. The molecular formula is C19H28Cl2F3N3O. The lowest BCUT2D eigenvalue weighted by Gasteiger charge is -2.40. The maximum absolute atomic E-state index is 12.8. The summed E-state index contributed by atoms with van der Waals surface area (Å²) >= 11 is 0. The Morgan fingerprint density at radius 3 is 2.43 bits per heavy atom. The SMILES string of the molecule is CN1CCCC(CNC(=O)C2CCCN2)C1c1ccc(C(F)(F)F)cc1.Cl.Cl. The van der Waals surface area contributed by atoms with Crippen LogP contribution in [0.1, 0.15) is 42.9 Å². The van der Waals surface area contributed by atoms with Crippen molar-refractivity contribution in [1.82, 2.24) is 15.5 Å². The van der Waals surface area contributed by atoms with Crippen LogP contribution in [-0.2, 0) is 11.0 Å². The zero-order valence-electron chi connectivity index (χ0n) is 15.8. The number of nitrogens with one attached hydrogen (secondary N) is 2. The van der Waals surface area contributed by atoms with Crippen molar-refractivity contribution >= 4 is 30.7 Å². The van der Waals surface area contributed by atoms with Gasteiger partial charge in [0.2, 0.25) is 5.91 Å². The van der Waals surface area contributed by atoms with Gasteiger partial charge in [-0.1, -0.05) is 12.1 Å². The second kappa shape index (κ2) is 10.7. The van der Waals surface area contributed by atoms with Gasteiger partial charge >= 0.3 is 6.18 Å². The molecule has 160 valence electrons. The molecule has 0 saturated carbocycles. The molecule has 4 nitrogen and oxygen atoms in total. The van der Waals surface area contributed by atoms with Crippen LogP contribution in [0.5, 0.6) is 0 Å². The molecule has 28 heavy (non-hydrogen) atoms. The number of nitrogens with zero attached hydrogens (tertiary/aromatic N) is 1. The summed E-state index contributed by atoms with van der Waals surface area (Å²) in [7, 11) is 1.99. The second-order valence-corrected chi connectivity index (χ2v) is 7.34. The van der Waals surface area contributed by atoms with E-state index in [2.05, 4.69) is 15.5 Å². The fraction of sp³-hybridized carbons (Fsp3) is 0.632. The van der Waals surface area contributed by atoms with Crippen LogP contribution < -0.4 is 10.6 Å². The number of rotatable bonds is 4. The standard InChI is InChI=1S/C19H26F3N3O.2ClH/c1-25-11-3-4-14(12-24-18(26)16-5-2-10-23-16)17(25)13-6-8-15(9-7-13)19(20,21)22;;/h6-9,14,16-17,23H,2-5,10-12H2,1H3,(H,24,26);2*1H. The fourth-order valence-electron chi connectivity index (χ4n) is 4.13. The Bertz CT molecular complexity index is 622. The third kappa shape index (κ3) is 5.99. The van der Waals surface area contributed by atoms with Gasteiger partial charge in [-0.3, -0.25) is 9.69 Å². The molecule has 0 bridgehead atoms. The smallest absolute Gasteiger partial charge is 0.354 e. The normalized spacial score (nSPS) is 25.5. The number of carbonyl (C=O) groups is 1. The highest BCUT2D eigenvalue weighted by Crippen LogP contribution is 2.36. The first-order chi connectivity index (χ1) is 12.4. The zero-order chi connectivity index (χ0) is 18.7. The molecule has 3 unspecified atom stereocenters. The van der Waals surface area contributed by atoms with Crippen LogP contribution in [-0.4, -0.2) is 43.5 Å².